The fourth-order valence-electron chi connectivity index (χ4n) is 2.96. The summed E-state index contributed by atoms with van der Waals surface area (Å²) >= 11 is 0. The highest BCUT2D eigenvalue weighted by Gasteiger charge is 2.27. The number of hydrogen-bond acceptors (Lipinski definition) is 4. The summed E-state index contributed by atoms with van der Waals surface area (Å²) in [6.45, 7) is 4.31. The zero-order valence-electron chi connectivity index (χ0n) is 13.7. The first-order chi connectivity index (χ1) is 11.0. The van der Waals surface area contributed by atoms with Gasteiger partial charge in [0.15, 0.2) is 5.76 Å². The van der Waals surface area contributed by atoms with Gasteiger partial charge >= 0.3 is 0 Å². The van der Waals surface area contributed by atoms with Gasteiger partial charge in [0.1, 0.15) is 6.04 Å². The van der Waals surface area contributed by atoms with Crippen molar-refractivity contribution in [1.29, 1.82) is 0 Å². The second-order valence-electron chi connectivity index (χ2n) is 6.60. The van der Waals surface area contributed by atoms with Crippen LogP contribution in [-0.4, -0.2) is 35.6 Å². The van der Waals surface area contributed by atoms with Gasteiger partial charge in [-0.2, -0.15) is 0 Å². The van der Waals surface area contributed by atoms with Gasteiger partial charge in [-0.15, -0.1) is 0 Å². The average Bonchev–Trinajstić information content (AvgIpc) is 3.04. The lowest BCUT2D eigenvalue weighted by atomic mass is 9.87. The van der Waals surface area contributed by atoms with Crippen molar-refractivity contribution in [2.24, 2.45) is 11.8 Å². The molecule has 0 spiro atoms. The van der Waals surface area contributed by atoms with Crippen LogP contribution in [0, 0.1) is 11.8 Å². The lowest BCUT2D eigenvalue weighted by Gasteiger charge is -2.27. The normalized spacial score (nSPS) is 22.6. The third-order valence-corrected chi connectivity index (χ3v) is 4.30. The predicted octanol–water partition coefficient (Wildman–Crippen LogP) is 1.70. The SMILES string of the molecule is CC(C)C(NC(=O)c1ccco1)C(=O)NCC1CCCC(O)C1. The molecule has 0 aromatic carbocycles. The number of carbonyl (C=O) groups is 2. The van der Waals surface area contributed by atoms with Crippen molar-refractivity contribution in [3.05, 3.63) is 24.2 Å². The van der Waals surface area contributed by atoms with Crippen molar-refractivity contribution >= 4 is 11.8 Å². The van der Waals surface area contributed by atoms with Gasteiger partial charge in [0.2, 0.25) is 5.91 Å². The largest absolute Gasteiger partial charge is 0.459 e. The molecule has 0 saturated heterocycles. The van der Waals surface area contributed by atoms with E-state index < -0.39 is 11.9 Å². The molecule has 1 aromatic heterocycles. The Labute approximate surface area is 136 Å². The van der Waals surface area contributed by atoms with Crippen molar-refractivity contribution in [3.63, 3.8) is 0 Å². The fourth-order valence-corrected chi connectivity index (χ4v) is 2.96. The maximum atomic E-state index is 12.4. The maximum Gasteiger partial charge on any atom is 0.287 e. The van der Waals surface area contributed by atoms with Gasteiger partial charge in [0.05, 0.1) is 12.4 Å². The van der Waals surface area contributed by atoms with Gasteiger partial charge < -0.3 is 20.2 Å². The number of amides is 2. The lowest BCUT2D eigenvalue weighted by Crippen LogP contribution is -2.50. The number of aliphatic hydroxyl groups excluding tert-OH is 1. The van der Waals surface area contributed by atoms with Gasteiger partial charge in [-0.05, 0) is 43.2 Å². The Bertz CT molecular complexity index is 513. The van der Waals surface area contributed by atoms with E-state index in [1.807, 2.05) is 13.8 Å². The molecule has 2 amide bonds. The van der Waals surface area contributed by atoms with E-state index >= 15 is 0 Å². The topological polar surface area (TPSA) is 91.6 Å². The zero-order valence-corrected chi connectivity index (χ0v) is 13.7. The van der Waals surface area contributed by atoms with Crippen molar-refractivity contribution in [1.82, 2.24) is 10.6 Å². The van der Waals surface area contributed by atoms with E-state index in [4.69, 9.17) is 4.42 Å². The Balaban J connectivity index is 1.86. The molecule has 1 fully saturated rings. The molecule has 1 saturated carbocycles. The number of carbonyl (C=O) groups excluding carboxylic acids is 2. The number of hydrogen-bond donors (Lipinski definition) is 3. The molecule has 3 unspecified atom stereocenters. The van der Waals surface area contributed by atoms with E-state index in [-0.39, 0.29) is 23.7 Å². The van der Waals surface area contributed by atoms with Gasteiger partial charge in [-0.1, -0.05) is 20.3 Å². The van der Waals surface area contributed by atoms with Crippen LogP contribution in [0.15, 0.2) is 22.8 Å². The molecular weight excluding hydrogens is 296 g/mol. The molecule has 6 nitrogen and oxygen atoms in total. The van der Waals surface area contributed by atoms with Gasteiger partial charge in [-0.3, -0.25) is 9.59 Å². The molecule has 0 radical (unpaired) electrons. The van der Waals surface area contributed by atoms with Crippen LogP contribution in [0.2, 0.25) is 0 Å². The summed E-state index contributed by atoms with van der Waals surface area (Å²) < 4.78 is 5.05. The average molecular weight is 322 g/mol. The van der Waals surface area contributed by atoms with Crippen molar-refractivity contribution in [2.75, 3.05) is 6.54 Å². The highest BCUT2D eigenvalue weighted by atomic mass is 16.3. The van der Waals surface area contributed by atoms with Crippen molar-refractivity contribution in [2.45, 2.75) is 51.7 Å². The van der Waals surface area contributed by atoms with Gasteiger partial charge in [0.25, 0.3) is 5.91 Å². The van der Waals surface area contributed by atoms with Gasteiger partial charge in [0, 0.05) is 6.54 Å². The first kappa shape index (κ1) is 17.5. The van der Waals surface area contributed by atoms with Crippen LogP contribution >= 0.6 is 0 Å². The summed E-state index contributed by atoms with van der Waals surface area (Å²) in [7, 11) is 0. The second-order valence-corrected chi connectivity index (χ2v) is 6.60. The molecule has 23 heavy (non-hydrogen) atoms. The standard InChI is InChI=1S/C17H26N2O4/c1-11(2)15(19-16(21)14-7-4-8-23-14)17(22)18-10-12-5-3-6-13(20)9-12/h4,7-8,11-13,15,20H,3,5-6,9-10H2,1-2H3,(H,18,22)(H,19,21). The van der Waals surface area contributed by atoms with E-state index in [1.54, 1.807) is 12.1 Å². The maximum absolute atomic E-state index is 12.4. The Morgan fingerprint density at radius 3 is 2.78 bits per heavy atom. The quantitative estimate of drug-likeness (QED) is 0.743. The summed E-state index contributed by atoms with van der Waals surface area (Å²) in [4.78, 5) is 24.5. The Kier molecular flexibility index (Phi) is 6.21. The molecule has 1 heterocycles. The molecule has 3 N–H and O–H groups in total. The van der Waals surface area contributed by atoms with E-state index in [2.05, 4.69) is 10.6 Å². The smallest absolute Gasteiger partial charge is 0.287 e. The van der Waals surface area contributed by atoms with Crippen molar-refractivity contribution in [3.8, 4) is 0 Å². The Morgan fingerprint density at radius 1 is 1.39 bits per heavy atom. The zero-order chi connectivity index (χ0) is 16.8. The predicted molar refractivity (Wildman–Crippen MR) is 85.8 cm³/mol. The first-order valence-electron chi connectivity index (χ1n) is 8.27. The second kappa shape index (κ2) is 8.15. The molecule has 1 aliphatic carbocycles. The fraction of sp³-hybridized carbons (Fsp3) is 0.647. The Hall–Kier alpha value is -1.82. The number of aliphatic hydroxyl groups is 1. The van der Waals surface area contributed by atoms with Crippen LogP contribution < -0.4 is 10.6 Å². The first-order valence-corrected chi connectivity index (χ1v) is 8.27. The summed E-state index contributed by atoms with van der Waals surface area (Å²) in [6.07, 6.45) is 4.75. The third-order valence-electron chi connectivity index (χ3n) is 4.30. The molecule has 0 bridgehead atoms. The van der Waals surface area contributed by atoms with Crippen molar-refractivity contribution < 1.29 is 19.1 Å². The molecule has 0 aliphatic heterocycles. The number of rotatable bonds is 6. The number of furan rings is 1. The third kappa shape index (κ3) is 5.10. The van der Waals surface area contributed by atoms with Crippen LogP contribution in [0.4, 0.5) is 0 Å². The minimum Gasteiger partial charge on any atom is -0.459 e. The van der Waals surface area contributed by atoms with E-state index in [0.29, 0.717) is 12.5 Å². The highest BCUT2D eigenvalue weighted by Crippen LogP contribution is 2.23. The van der Waals surface area contributed by atoms with E-state index in [0.717, 1.165) is 25.7 Å². The monoisotopic (exact) mass is 322 g/mol. The molecule has 1 aliphatic rings. The molecular formula is C17H26N2O4. The van der Waals surface area contributed by atoms with Crippen LogP contribution in [0.5, 0.6) is 0 Å². The molecule has 1 aromatic rings. The van der Waals surface area contributed by atoms with E-state index in [9.17, 15) is 14.7 Å². The summed E-state index contributed by atoms with van der Waals surface area (Å²) in [6, 6.07) is 2.59. The summed E-state index contributed by atoms with van der Waals surface area (Å²) in [5, 5.41) is 15.3. The van der Waals surface area contributed by atoms with Crippen LogP contribution in [0.25, 0.3) is 0 Å². The van der Waals surface area contributed by atoms with Gasteiger partial charge in [-0.25, -0.2) is 0 Å². The number of nitrogens with one attached hydrogen (secondary N) is 2. The molecule has 6 heteroatoms. The minimum absolute atomic E-state index is 0.0362. The summed E-state index contributed by atoms with van der Waals surface area (Å²) in [5.41, 5.74) is 0. The minimum atomic E-state index is -0.610. The Morgan fingerprint density at radius 2 is 2.17 bits per heavy atom. The molecule has 128 valence electrons. The molecule has 3 atom stereocenters. The van der Waals surface area contributed by atoms with Crippen LogP contribution in [0.3, 0.4) is 0 Å². The van der Waals surface area contributed by atoms with Crippen LogP contribution in [-0.2, 0) is 4.79 Å². The summed E-state index contributed by atoms with van der Waals surface area (Å²) in [5.74, 6) is -0.127. The molecule has 2 rings (SSSR count). The lowest BCUT2D eigenvalue weighted by molar-refractivity contribution is -0.124. The van der Waals surface area contributed by atoms with E-state index in [1.165, 1.54) is 6.26 Å². The van der Waals surface area contributed by atoms with Crippen LogP contribution in [0.1, 0.15) is 50.1 Å². The highest BCUT2D eigenvalue weighted by molar-refractivity contribution is 5.95.